The van der Waals surface area contributed by atoms with E-state index in [0.29, 0.717) is 5.82 Å². The highest BCUT2D eigenvalue weighted by molar-refractivity contribution is 5.83. The molecule has 1 heterocycles. The number of rotatable bonds is 1. The van der Waals surface area contributed by atoms with Gasteiger partial charge in [0.25, 0.3) is 0 Å². The molecule has 0 amide bonds. The van der Waals surface area contributed by atoms with E-state index >= 15 is 0 Å². The van der Waals surface area contributed by atoms with Gasteiger partial charge < -0.3 is 0 Å². The Labute approximate surface area is 69.6 Å². The van der Waals surface area contributed by atoms with Gasteiger partial charge in [0.2, 0.25) is 0 Å². The molecule has 0 bridgehead atoms. The molecular weight excluding hydrogens is 152 g/mol. The molecule has 0 unspecified atom stereocenters. The number of benzene rings is 1. The second-order valence-corrected chi connectivity index (χ2v) is 2.53. The molecule has 12 heavy (non-hydrogen) atoms. The van der Waals surface area contributed by atoms with Gasteiger partial charge in [0.1, 0.15) is 5.82 Å². The van der Waals surface area contributed by atoms with Crippen LogP contribution in [-0.2, 0) is 0 Å². The van der Waals surface area contributed by atoms with Crippen molar-refractivity contribution in [3.8, 4) is 0 Å². The second-order valence-electron chi connectivity index (χ2n) is 2.53. The highest BCUT2D eigenvalue weighted by atomic mass is 16.5. The molecular formula is C9H8N2O. The first-order chi connectivity index (χ1) is 5.90. The molecule has 0 saturated heterocycles. The van der Waals surface area contributed by atoms with Crippen molar-refractivity contribution in [3.05, 3.63) is 36.5 Å². The minimum absolute atomic E-state index is 0.466. The van der Waals surface area contributed by atoms with Crippen molar-refractivity contribution in [1.82, 2.24) is 4.98 Å². The molecule has 2 aromatic rings. The first-order valence-electron chi connectivity index (χ1n) is 3.65. The van der Waals surface area contributed by atoms with Gasteiger partial charge in [-0.2, -0.15) is 0 Å². The third-order valence-corrected chi connectivity index (χ3v) is 1.75. The highest BCUT2D eigenvalue weighted by Crippen LogP contribution is 2.14. The van der Waals surface area contributed by atoms with Crippen molar-refractivity contribution >= 4 is 16.6 Å². The lowest BCUT2D eigenvalue weighted by Crippen LogP contribution is -1.91. The Morgan fingerprint density at radius 1 is 1.17 bits per heavy atom. The van der Waals surface area contributed by atoms with Crippen molar-refractivity contribution in [2.45, 2.75) is 0 Å². The van der Waals surface area contributed by atoms with Crippen LogP contribution in [0.15, 0.2) is 36.5 Å². The fourth-order valence-electron chi connectivity index (χ4n) is 1.14. The second kappa shape index (κ2) is 2.79. The van der Waals surface area contributed by atoms with Crippen LogP contribution in [0, 0.1) is 0 Å². The van der Waals surface area contributed by atoms with E-state index in [1.807, 2.05) is 29.7 Å². The first kappa shape index (κ1) is 7.06. The number of fused-ring (bicyclic) bond motifs is 1. The zero-order valence-corrected chi connectivity index (χ0v) is 6.36. The van der Waals surface area contributed by atoms with E-state index in [9.17, 15) is 0 Å². The van der Waals surface area contributed by atoms with Crippen LogP contribution in [0.4, 0.5) is 5.82 Å². The average molecular weight is 160 g/mol. The molecule has 3 heteroatoms. The molecule has 2 rings (SSSR count). The molecule has 1 aromatic heterocycles. The summed E-state index contributed by atoms with van der Waals surface area (Å²) >= 11 is 0. The van der Waals surface area contributed by atoms with Crippen LogP contribution in [0.2, 0.25) is 0 Å². The molecule has 0 atom stereocenters. The van der Waals surface area contributed by atoms with Gasteiger partial charge in [0, 0.05) is 11.6 Å². The van der Waals surface area contributed by atoms with E-state index in [2.05, 4.69) is 4.98 Å². The lowest BCUT2D eigenvalue weighted by atomic mass is 10.2. The van der Waals surface area contributed by atoms with E-state index in [0.717, 1.165) is 10.8 Å². The molecule has 1 aromatic carbocycles. The van der Waals surface area contributed by atoms with Crippen LogP contribution in [0.3, 0.4) is 0 Å². The summed E-state index contributed by atoms with van der Waals surface area (Å²) in [5.41, 5.74) is 2.01. The summed E-state index contributed by atoms with van der Waals surface area (Å²) in [6, 6.07) is 9.64. The minimum atomic E-state index is 0.466. The van der Waals surface area contributed by atoms with Crippen molar-refractivity contribution < 1.29 is 5.21 Å². The molecule has 0 aliphatic rings. The summed E-state index contributed by atoms with van der Waals surface area (Å²) in [6.45, 7) is 0. The van der Waals surface area contributed by atoms with E-state index in [1.165, 1.54) is 0 Å². The van der Waals surface area contributed by atoms with Crippen LogP contribution in [0.1, 0.15) is 0 Å². The van der Waals surface area contributed by atoms with Gasteiger partial charge in [-0.1, -0.05) is 24.3 Å². The van der Waals surface area contributed by atoms with Crippen molar-refractivity contribution in [1.29, 1.82) is 0 Å². The minimum Gasteiger partial charge on any atom is -0.290 e. The van der Waals surface area contributed by atoms with Crippen LogP contribution < -0.4 is 5.48 Å². The van der Waals surface area contributed by atoms with Crippen LogP contribution in [-0.4, -0.2) is 10.2 Å². The Hall–Kier alpha value is -1.61. The molecule has 3 nitrogen and oxygen atoms in total. The number of pyridine rings is 1. The average Bonchev–Trinajstić information content (AvgIpc) is 2.17. The lowest BCUT2D eigenvalue weighted by molar-refractivity contribution is 0.386. The summed E-state index contributed by atoms with van der Waals surface area (Å²) in [4.78, 5) is 3.96. The molecule has 0 spiro atoms. The number of hydrogen-bond acceptors (Lipinski definition) is 3. The molecule has 0 aliphatic carbocycles. The molecule has 0 saturated carbocycles. The maximum absolute atomic E-state index is 8.58. The van der Waals surface area contributed by atoms with Crippen molar-refractivity contribution in [2.24, 2.45) is 0 Å². The van der Waals surface area contributed by atoms with Gasteiger partial charge >= 0.3 is 0 Å². The quantitative estimate of drug-likeness (QED) is 0.627. The summed E-state index contributed by atoms with van der Waals surface area (Å²) in [5, 5.41) is 10.7. The highest BCUT2D eigenvalue weighted by Gasteiger charge is 1.93. The molecule has 0 aliphatic heterocycles. The van der Waals surface area contributed by atoms with Gasteiger partial charge in [0.15, 0.2) is 0 Å². The Kier molecular flexibility index (Phi) is 1.64. The summed E-state index contributed by atoms with van der Waals surface area (Å²) in [7, 11) is 0. The topological polar surface area (TPSA) is 45.1 Å². The third kappa shape index (κ3) is 1.10. The fraction of sp³-hybridized carbons (Fsp3) is 0. The van der Waals surface area contributed by atoms with E-state index in [-0.39, 0.29) is 0 Å². The standard InChI is InChI=1S/C9H8N2O/c12-11-9-5-7-3-1-2-4-8(7)6-10-9/h1-6,12H,(H,10,11). The predicted octanol–water partition coefficient (Wildman–Crippen LogP) is 2.04. The number of anilines is 1. The Morgan fingerprint density at radius 3 is 2.67 bits per heavy atom. The van der Waals surface area contributed by atoms with Crippen molar-refractivity contribution in [2.75, 3.05) is 5.48 Å². The number of hydrogen-bond donors (Lipinski definition) is 2. The smallest absolute Gasteiger partial charge is 0.150 e. The zero-order valence-electron chi connectivity index (χ0n) is 6.36. The van der Waals surface area contributed by atoms with Crippen LogP contribution in [0.5, 0.6) is 0 Å². The lowest BCUT2D eigenvalue weighted by Gasteiger charge is -1.99. The SMILES string of the molecule is ONc1cc2ccccc2cn1. The maximum Gasteiger partial charge on any atom is 0.150 e. The van der Waals surface area contributed by atoms with Gasteiger partial charge in [-0.05, 0) is 11.5 Å². The van der Waals surface area contributed by atoms with Gasteiger partial charge in [-0.15, -0.1) is 0 Å². The van der Waals surface area contributed by atoms with E-state index < -0.39 is 0 Å². The Bertz CT molecular complexity index is 400. The van der Waals surface area contributed by atoms with Crippen molar-refractivity contribution in [3.63, 3.8) is 0 Å². The monoisotopic (exact) mass is 160 g/mol. The largest absolute Gasteiger partial charge is 0.290 e. The number of nitrogens with zero attached hydrogens (tertiary/aromatic N) is 1. The summed E-state index contributed by atoms with van der Waals surface area (Å²) in [6.07, 6.45) is 1.72. The van der Waals surface area contributed by atoms with Gasteiger partial charge in [-0.25, -0.2) is 4.98 Å². The molecule has 0 fully saturated rings. The Morgan fingerprint density at radius 2 is 1.92 bits per heavy atom. The third-order valence-electron chi connectivity index (χ3n) is 1.75. The predicted molar refractivity (Wildman–Crippen MR) is 47.2 cm³/mol. The van der Waals surface area contributed by atoms with E-state index in [1.54, 1.807) is 12.3 Å². The summed E-state index contributed by atoms with van der Waals surface area (Å²) < 4.78 is 0. The van der Waals surface area contributed by atoms with Crippen LogP contribution >= 0.6 is 0 Å². The van der Waals surface area contributed by atoms with Crippen LogP contribution in [0.25, 0.3) is 10.8 Å². The van der Waals surface area contributed by atoms with Gasteiger partial charge in [0.05, 0.1) is 0 Å². The van der Waals surface area contributed by atoms with Gasteiger partial charge in [-0.3, -0.25) is 10.7 Å². The first-order valence-corrected chi connectivity index (χ1v) is 3.65. The summed E-state index contributed by atoms with van der Waals surface area (Å²) in [5.74, 6) is 0.466. The normalized spacial score (nSPS) is 10.1. The number of aromatic nitrogens is 1. The number of nitrogens with one attached hydrogen (secondary N) is 1. The fourth-order valence-corrected chi connectivity index (χ4v) is 1.14. The molecule has 2 N–H and O–H groups in total. The molecule has 60 valence electrons. The molecule has 0 radical (unpaired) electrons. The Balaban J connectivity index is 2.67. The van der Waals surface area contributed by atoms with E-state index in [4.69, 9.17) is 5.21 Å². The maximum atomic E-state index is 8.58. The zero-order chi connectivity index (χ0) is 8.39.